The largest absolute Gasteiger partial charge is 0.369 e. The van der Waals surface area contributed by atoms with E-state index in [-0.39, 0.29) is 22.1 Å². The molecule has 2 saturated heterocycles. The first kappa shape index (κ1) is 41.7. The summed E-state index contributed by atoms with van der Waals surface area (Å²) in [5.41, 5.74) is 6.64. The van der Waals surface area contributed by atoms with Crippen LogP contribution in [0.1, 0.15) is 21.6 Å². The van der Waals surface area contributed by atoms with Gasteiger partial charge in [-0.2, -0.15) is 13.7 Å². The molecule has 0 radical (unpaired) electrons. The van der Waals surface area contributed by atoms with Crippen LogP contribution in [0.25, 0.3) is 10.6 Å². The monoisotopic (exact) mass is 879 g/mol. The number of dihydropyridines is 1. The van der Waals surface area contributed by atoms with E-state index in [4.69, 9.17) is 11.6 Å². The number of hydrogen-bond acceptors (Lipinski definition) is 12. The van der Waals surface area contributed by atoms with Gasteiger partial charge in [0.25, 0.3) is 25.6 Å². The van der Waals surface area contributed by atoms with Crippen LogP contribution in [-0.4, -0.2) is 106 Å². The summed E-state index contributed by atoms with van der Waals surface area (Å²) in [6.45, 7) is 10.5. The molecule has 6 heterocycles. The Morgan fingerprint density at radius 3 is 1.74 bits per heavy atom. The van der Waals surface area contributed by atoms with E-state index in [1.54, 1.807) is 40.7 Å². The van der Waals surface area contributed by atoms with Crippen LogP contribution in [0.4, 0.5) is 11.4 Å². The van der Waals surface area contributed by atoms with Crippen LogP contribution in [-0.2, 0) is 24.8 Å². The molecule has 3 aromatic heterocycles. The van der Waals surface area contributed by atoms with Gasteiger partial charge in [0.15, 0.2) is 5.78 Å². The van der Waals surface area contributed by atoms with Crippen LogP contribution in [0.5, 0.6) is 0 Å². The highest BCUT2D eigenvalue weighted by atomic mass is 35.5. The minimum atomic E-state index is -3.58. The van der Waals surface area contributed by atoms with Crippen LogP contribution in [0.2, 0.25) is 5.02 Å². The van der Waals surface area contributed by atoms with E-state index in [0.29, 0.717) is 77.9 Å². The number of nitrogens with one attached hydrogen (secondary N) is 1. The van der Waals surface area contributed by atoms with Crippen molar-refractivity contribution in [2.24, 2.45) is 4.99 Å². The van der Waals surface area contributed by atoms with Gasteiger partial charge >= 0.3 is 0 Å². The van der Waals surface area contributed by atoms with Crippen molar-refractivity contribution in [2.75, 3.05) is 68.7 Å². The van der Waals surface area contributed by atoms with E-state index in [1.807, 2.05) is 25.1 Å². The molecule has 0 bridgehead atoms. The molecule has 18 heteroatoms. The van der Waals surface area contributed by atoms with Crippen molar-refractivity contribution in [1.29, 1.82) is 0 Å². The lowest BCUT2D eigenvalue weighted by Gasteiger charge is -2.36. The first-order valence-corrected chi connectivity index (χ1v) is 23.4. The molecule has 0 saturated carbocycles. The van der Waals surface area contributed by atoms with Crippen molar-refractivity contribution in [3.05, 3.63) is 122 Å². The number of carbonyl (C=O) groups excluding carboxylic acids is 1. The fraction of sp³-hybridized carbons (Fsp3) is 0.300. The van der Waals surface area contributed by atoms with Gasteiger partial charge < -0.3 is 9.80 Å². The zero-order valence-corrected chi connectivity index (χ0v) is 36.1. The SMILES string of the molecule is Cc1ccc(C)c(N2CCN(S(=O)(=O)c3ccc(C4=NCC(=O)C=C4)s3)CC2)c1.Cc1ccc(Cl)cc1N1CCN(S(=O)(=O)c2ccc(-c3ccc(=O)[nH]n3)s2)CC1. The number of aromatic amines is 1. The zero-order chi connectivity index (χ0) is 41.2. The van der Waals surface area contributed by atoms with Crippen LogP contribution in [0, 0.1) is 20.8 Å². The number of thiophene rings is 2. The van der Waals surface area contributed by atoms with Gasteiger partial charge in [-0.15, -0.1) is 22.7 Å². The Morgan fingerprint density at radius 1 is 0.638 bits per heavy atom. The van der Waals surface area contributed by atoms with E-state index in [2.05, 4.69) is 57.0 Å². The van der Waals surface area contributed by atoms with Crippen molar-refractivity contribution in [1.82, 2.24) is 18.8 Å². The van der Waals surface area contributed by atoms with Gasteiger partial charge in [-0.25, -0.2) is 21.9 Å². The van der Waals surface area contributed by atoms with Crippen LogP contribution in [0.3, 0.4) is 0 Å². The number of rotatable bonds is 8. The van der Waals surface area contributed by atoms with Gasteiger partial charge in [0.05, 0.1) is 15.5 Å². The van der Waals surface area contributed by atoms with Gasteiger partial charge in [-0.3, -0.25) is 14.6 Å². The van der Waals surface area contributed by atoms with Crippen molar-refractivity contribution in [2.45, 2.75) is 29.2 Å². The maximum atomic E-state index is 13.1. The zero-order valence-electron chi connectivity index (χ0n) is 32.1. The molecule has 3 aliphatic heterocycles. The quantitative estimate of drug-likeness (QED) is 0.204. The predicted molar refractivity (Wildman–Crippen MR) is 232 cm³/mol. The number of ketones is 1. The number of sulfonamides is 2. The van der Waals surface area contributed by atoms with Gasteiger partial charge in [0.1, 0.15) is 20.7 Å². The Bertz CT molecular complexity index is 2650. The highest BCUT2D eigenvalue weighted by Gasteiger charge is 2.32. The number of allylic oxidation sites excluding steroid dienone is 1. The lowest BCUT2D eigenvalue weighted by Crippen LogP contribution is -2.48. The third-order valence-electron chi connectivity index (χ3n) is 10.1. The summed E-state index contributed by atoms with van der Waals surface area (Å²) in [5, 5.41) is 7.00. The number of H-pyrrole nitrogens is 1. The molecular weight excluding hydrogens is 838 g/mol. The molecule has 0 spiro atoms. The normalized spacial score (nSPS) is 16.9. The topological polar surface area (TPSA) is 156 Å². The number of anilines is 2. The fourth-order valence-corrected chi connectivity index (χ4v) is 12.7. The van der Waals surface area contributed by atoms with Gasteiger partial charge in [0.2, 0.25) is 0 Å². The summed E-state index contributed by atoms with van der Waals surface area (Å²) >= 11 is 8.48. The molecule has 304 valence electrons. The highest BCUT2D eigenvalue weighted by Crippen LogP contribution is 2.33. The van der Waals surface area contributed by atoms with Crippen LogP contribution < -0.4 is 15.4 Å². The Kier molecular flexibility index (Phi) is 12.5. The third-order valence-corrected chi connectivity index (χ3v) is 17.2. The van der Waals surface area contributed by atoms with Gasteiger partial charge in [0, 0.05) is 74.8 Å². The first-order valence-electron chi connectivity index (χ1n) is 18.5. The van der Waals surface area contributed by atoms with Crippen molar-refractivity contribution in [3.8, 4) is 10.6 Å². The first-order chi connectivity index (χ1) is 27.7. The summed E-state index contributed by atoms with van der Waals surface area (Å²) < 4.78 is 56.0. The molecule has 0 unspecified atom stereocenters. The second-order valence-electron chi connectivity index (χ2n) is 14.0. The Labute approximate surface area is 351 Å². The fourth-order valence-electron chi connectivity index (χ4n) is 6.85. The van der Waals surface area contributed by atoms with E-state index < -0.39 is 20.0 Å². The van der Waals surface area contributed by atoms with Crippen LogP contribution in [0.15, 0.2) is 103 Å². The van der Waals surface area contributed by atoms with Crippen molar-refractivity contribution < 1.29 is 21.6 Å². The molecule has 2 aromatic carbocycles. The average molecular weight is 881 g/mol. The van der Waals surface area contributed by atoms with Crippen molar-refractivity contribution in [3.63, 3.8) is 0 Å². The van der Waals surface area contributed by atoms with E-state index in [0.717, 1.165) is 27.5 Å². The average Bonchev–Trinajstić information content (AvgIpc) is 3.94. The Hall–Kier alpha value is -4.49. The molecule has 1 N–H and O–H groups in total. The maximum Gasteiger partial charge on any atom is 0.264 e. The number of carbonyl (C=O) groups is 1. The molecule has 5 aromatic rings. The molecular formula is C40H42ClN7O6S4. The van der Waals surface area contributed by atoms with E-state index >= 15 is 0 Å². The van der Waals surface area contributed by atoms with Crippen LogP contribution >= 0.6 is 34.3 Å². The summed E-state index contributed by atoms with van der Waals surface area (Å²) in [6.07, 6.45) is 3.14. The number of piperazine rings is 2. The second-order valence-corrected chi connectivity index (χ2v) is 21.0. The minimum Gasteiger partial charge on any atom is -0.369 e. The minimum absolute atomic E-state index is 0.0418. The maximum absolute atomic E-state index is 13.1. The molecule has 0 aliphatic carbocycles. The lowest BCUT2D eigenvalue weighted by molar-refractivity contribution is -0.113. The number of aromatic nitrogens is 2. The van der Waals surface area contributed by atoms with E-state index in [9.17, 15) is 26.4 Å². The smallest absolute Gasteiger partial charge is 0.264 e. The summed E-state index contributed by atoms with van der Waals surface area (Å²) in [4.78, 5) is 32.5. The predicted octanol–water partition coefficient (Wildman–Crippen LogP) is 5.77. The molecule has 58 heavy (non-hydrogen) atoms. The molecule has 13 nitrogen and oxygen atoms in total. The second kappa shape index (κ2) is 17.4. The summed E-state index contributed by atoms with van der Waals surface area (Å²) in [7, 11) is -7.12. The number of aryl methyl sites for hydroxylation is 3. The number of nitrogens with zero attached hydrogens (tertiary/aromatic N) is 6. The van der Waals surface area contributed by atoms with Crippen molar-refractivity contribution >= 4 is 77.2 Å². The molecule has 8 rings (SSSR count). The van der Waals surface area contributed by atoms with E-state index in [1.165, 1.54) is 44.6 Å². The number of halogens is 1. The number of benzene rings is 2. The Balaban J connectivity index is 0.000000177. The summed E-state index contributed by atoms with van der Waals surface area (Å²) in [5.74, 6) is -0.0418. The number of aliphatic imine (C=N–C) groups is 1. The molecule has 3 aliphatic rings. The van der Waals surface area contributed by atoms with Gasteiger partial charge in [-0.05, 0) is 98.1 Å². The lowest BCUT2D eigenvalue weighted by atomic mass is 10.1. The molecule has 2 fully saturated rings. The molecule has 0 atom stereocenters. The number of hydrogen-bond donors (Lipinski definition) is 1. The highest BCUT2D eigenvalue weighted by molar-refractivity contribution is 7.91. The third kappa shape index (κ3) is 9.20. The Morgan fingerprint density at radius 2 is 1.19 bits per heavy atom. The summed E-state index contributed by atoms with van der Waals surface area (Å²) in [6, 6.07) is 21.8. The standard InChI is InChI=1S/C21H23N3O3S2.C19H19ClN4O3S2/c1-15-3-4-16(2)19(13-15)23-9-11-24(12-10-23)29(26,27)21-8-7-20(28-21)18-6-5-17(25)14-22-18;1-13-2-3-14(20)12-16(13)23-8-10-24(11-9-23)29(26,27)19-7-5-17(28-19)15-4-6-18(25)22-21-15/h3-8,13H,9-12,14H2,1-2H3;2-7,12H,8-11H2,1H3,(H,22,25). The van der Waals surface area contributed by atoms with Gasteiger partial charge in [-0.1, -0.05) is 29.8 Å². The molecule has 0 amide bonds.